The molecule has 14 heavy (non-hydrogen) atoms. The summed E-state index contributed by atoms with van der Waals surface area (Å²) >= 11 is 0. The molecule has 0 fully saturated rings. The number of hydrogen-bond donors (Lipinski definition) is 2. The van der Waals surface area contributed by atoms with E-state index in [1.54, 1.807) is 0 Å². The lowest BCUT2D eigenvalue weighted by molar-refractivity contribution is -0.126. The molecule has 0 spiro atoms. The van der Waals surface area contributed by atoms with Crippen LogP contribution in [0.1, 0.15) is 27.2 Å². The summed E-state index contributed by atoms with van der Waals surface area (Å²) in [6.45, 7) is 8.54. The van der Waals surface area contributed by atoms with Crippen LogP contribution in [0.4, 0.5) is 0 Å². The van der Waals surface area contributed by atoms with Crippen molar-refractivity contribution < 1.29 is 9.53 Å². The van der Waals surface area contributed by atoms with Crippen LogP contribution in [0.25, 0.3) is 0 Å². The van der Waals surface area contributed by atoms with Crippen molar-refractivity contribution in [1.82, 2.24) is 10.6 Å². The lowest BCUT2D eigenvalue weighted by atomic mass is 10.2. The average molecular weight is 202 g/mol. The Balaban J connectivity index is 3.27. The van der Waals surface area contributed by atoms with Gasteiger partial charge < -0.3 is 15.4 Å². The first-order chi connectivity index (χ1) is 6.70. The molecule has 0 aromatic heterocycles. The second-order valence-corrected chi connectivity index (χ2v) is 3.28. The summed E-state index contributed by atoms with van der Waals surface area (Å²) in [7, 11) is 0. The lowest BCUT2D eigenvalue weighted by Gasteiger charge is -2.11. The fraction of sp³-hybridized carbons (Fsp3) is 0.900. The number of carbonyl (C=O) groups is 1. The van der Waals surface area contributed by atoms with Crippen molar-refractivity contribution in [1.29, 1.82) is 0 Å². The molecule has 0 saturated carbocycles. The van der Waals surface area contributed by atoms with Crippen molar-refractivity contribution in [3.05, 3.63) is 0 Å². The van der Waals surface area contributed by atoms with E-state index in [1.807, 2.05) is 20.8 Å². The van der Waals surface area contributed by atoms with E-state index < -0.39 is 0 Å². The lowest BCUT2D eigenvalue weighted by Crippen LogP contribution is -2.35. The highest BCUT2D eigenvalue weighted by molar-refractivity contribution is 5.77. The van der Waals surface area contributed by atoms with Crippen molar-refractivity contribution >= 4 is 5.91 Å². The second-order valence-electron chi connectivity index (χ2n) is 3.28. The smallest absolute Gasteiger partial charge is 0.246 e. The molecule has 0 rings (SSSR count). The van der Waals surface area contributed by atoms with Crippen LogP contribution in [0.3, 0.4) is 0 Å². The Labute approximate surface area is 86.4 Å². The van der Waals surface area contributed by atoms with E-state index in [-0.39, 0.29) is 18.6 Å². The minimum absolute atomic E-state index is 0.0316. The molecule has 0 heterocycles. The highest BCUT2D eigenvalue weighted by atomic mass is 16.5. The van der Waals surface area contributed by atoms with Gasteiger partial charge in [0.25, 0.3) is 0 Å². The summed E-state index contributed by atoms with van der Waals surface area (Å²) in [5.41, 5.74) is 0. The third-order valence-electron chi connectivity index (χ3n) is 1.93. The first-order valence-corrected chi connectivity index (χ1v) is 5.28. The Kier molecular flexibility index (Phi) is 8.57. The minimum Gasteiger partial charge on any atom is -0.370 e. The molecular weight excluding hydrogens is 180 g/mol. The first-order valence-electron chi connectivity index (χ1n) is 5.28. The standard InChI is InChI=1S/C10H22N2O2/c1-4-9(3)12-10(13)8-14-7-6-11-5-2/h9,11H,4-8H2,1-3H3,(H,12,13). The van der Waals surface area contributed by atoms with Gasteiger partial charge in [0, 0.05) is 12.6 Å². The third-order valence-corrected chi connectivity index (χ3v) is 1.93. The zero-order valence-electron chi connectivity index (χ0n) is 9.43. The van der Waals surface area contributed by atoms with Crippen LogP contribution in [-0.4, -0.2) is 38.3 Å². The van der Waals surface area contributed by atoms with E-state index in [0.29, 0.717) is 6.61 Å². The van der Waals surface area contributed by atoms with Gasteiger partial charge in [-0.3, -0.25) is 4.79 Å². The summed E-state index contributed by atoms with van der Waals surface area (Å²) in [5, 5.41) is 5.95. The molecule has 2 N–H and O–H groups in total. The maximum atomic E-state index is 11.2. The molecule has 0 aromatic carbocycles. The van der Waals surface area contributed by atoms with Crippen LogP contribution in [-0.2, 0) is 9.53 Å². The molecule has 1 unspecified atom stereocenters. The Morgan fingerprint density at radius 1 is 1.43 bits per heavy atom. The van der Waals surface area contributed by atoms with Gasteiger partial charge in [-0.2, -0.15) is 0 Å². The fourth-order valence-electron chi connectivity index (χ4n) is 0.905. The van der Waals surface area contributed by atoms with Crippen molar-refractivity contribution in [2.75, 3.05) is 26.3 Å². The van der Waals surface area contributed by atoms with E-state index in [9.17, 15) is 4.79 Å². The van der Waals surface area contributed by atoms with Crippen molar-refractivity contribution in [2.24, 2.45) is 0 Å². The summed E-state index contributed by atoms with van der Waals surface area (Å²) < 4.78 is 5.17. The Morgan fingerprint density at radius 2 is 2.14 bits per heavy atom. The molecule has 0 aliphatic carbocycles. The van der Waals surface area contributed by atoms with E-state index in [0.717, 1.165) is 19.5 Å². The predicted molar refractivity (Wildman–Crippen MR) is 57.3 cm³/mol. The van der Waals surface area contributed by atoms with Crippen LogP contribution in [0.15, 0.2) is 0 Å². The summed E-state index contributed by atoms with van der Waals surface area (Å²) in [6, 6.07) is 0.236. The van der Waals surface area contributed by atoms with Crippen LogP contribution in [0.2, 0.25) is 0 Å². The van der Waals surface area contributed by atoms with Crippen LogP contribution >= 0.6 is 0 Å². The van der Waals surface area contributed by atoms with E-state index in [4.69, 9.17) is 4.74 Å². The zero-order valence-corrected chi connectivity index (χ0v) is 9.43. The summed E-state index contributed by atoms with van der Waals surface area (Å²) in [5.74, 6) is -0.0316. The van der Waals surface area contributed by atoms with Crippen molar-refractivity contribution in [3.63, 3.8) is 0 Å². The van der Waals surface area contributed by atoms with E-state index in [2.05, 4.69) is 10.6 Å². The van der Waals surface area contributed by atoms with Crippen LogP contribution in [0.5, 0.6) is 0 Å². The Hall–Kier alpha value is -0.610. The molecule has 84 valence electrons. The zero-order chi connectivity index (χ0) is 10.8. The quantitative estimate of drug-likeness (QED) is 0.564. The molecule has 4 nitrogen and oxygen atoms in total. The van der Waals surface area contributed by atoms with Crippen molar-refractivity contribution in [2.45, 2.75) is 33.2 Å². The van der Waals surface area contributed by atoms with Crippen molar-refractivity contribution in [3.8, 4) is 0 Å². The number of rotatable bonds is 8. The molecule has 0 bridgehead atoms. The molecule has 0 aliphatic rings. The maximum Gasteiger partial charge on any atom is 0.246 e. The van der Waals surface area contributed by atoms with Gasteiger partial charge in [0.05, 0.1) is 6.61 Å². The van der Waals surface area contributed by atoms with Crippen LogP contribution < -0.4 is 10.6 Å². The van der Waals surface area contributed by atoms with Gasteiger partial charge in [0.1, 0.15) is 6.61 Å². The van der Waals surface area contributed by atoms with Gasteiger partial charge >= 0.3 is 0 Å². The second kappa shape index (κ2) is 8.97. The largest absolute Gasteiger partial charge is 0.370 e. The predicted octanol–water partition coefficient (Wildman–Crippen LogP) is 0.527. The van der Waals surface area contributed by atoms with Gasteiger partial charge in [-0.15, -0.1) is 0 Å². The third kappa shape index (κ3) is 8.01. The molecule has 0 aromatic rings. The molecule has 4 heteroatoms. The highest BCUT2D eigenvalue weighted by Gasteiger charge is 2.04. The molecule has 0 radical (unpaired) electrons. The number of nitrogens with one attached hydrogen (secondary N) is 2. The topological polar surface area (TPSA) is 50.4 Å². The highest BCUT2D eigenvalue weighted by Crippen LogP contribution is 1.87. The van der Waals surface area contributed by atoms with E-state index >= 15 is 0 Å². The first kappa shape index (κ1) is 13.4. The number of carbonyl (C=O) groups excluding carboxylic acids is 1. The van der Waals surface area contributed by atoms with Gasteiger partial charge in [0.15, 0.2) is 0 Å². The Bertz CT molecular complexity index is 151. The molecule has 0 saturated heterocycles. The van der Waals surface area contributed by atoms with Gasteiger partial charge in [-0.1, -0.05) is 13.8 Å². The number of hydrogen-bond acceptors (Lipinski definition) is 3. The van der Waals surface area contributed by atoms with Gasteiger partial charge in [0.2, 0.25) is 5.91 Å². The number of amides is 1. The molecule has 1 atom stereocenters. The number of ether oxygens (including phenoxy) is 1. The minimum atomic E-state index is -0.0316. The van der Waals surface area contributed by atoms with E-state index in [1.165, 1.54) is 0 Å². The average Bonchev–Trinajstić information content (AvgIpc) is 2.17. The van der Waals surface area contributed by atoms with Gasteiger partial charge in [-0.25, -0.2) is 0 Å². The molecule has 0 aliphatic heterocycles. The Morgan fingerprint density at radius 3 is 2.71 bits per heavy atom. The van der Waals surface area contributed by atoms with Crippen LogP contribution in [0, 0.1) is 0 Å². The number of likely N-dealkylation sites (N-methyl/N-ethyl adjacent to an activating group) is 1. The summed E-state index contributed by atoms with van der Waals surface area (Å²) in [6.07, 6.45) is 0.948. The van der Waals surface area contributed by atoms with Gasteiger partial charge in [-0.05, 0) is 19.9 Å². The molecular formula is C10H22N2O2. The normalized spacial score (nSPS) is 12.5. The summed E-state index contributed by atoms with van der Waals surface area (Å²) in [4.78, 5) is 11.2. The SMILES string of the molecule is CCNCCOCC(=O)NC(C)CC. The monoisotopic (exact) mass is 202 g/mol. The maximum absolute atomic E-state index is 11.2. The molecule has 1 amide bonds. The fourth-order valence-corrected chi connectivity index (χ4v) is 0.905.